The first-order valence-corrected chi connectivity index (χ1v) is 4.43. The number of aliphatic imine (C=N–C) groups is 1. The predicted octanol–water partition coefficient (Wildman–Crippen LogP) is 1.19. The van der Waals surface area contributed by atoms with Crippen LogP contribution in [0.1, 0.15) is 19.8 Å². The molecule has 1 fully saturated rings. The normalized spacial score (nSPS) is 19.9. The van der Waals surface area contributed by atoms with Crippen molar-refractivity contribution in [2.24, 2.45) is 4.99 Å². The molecule has 0 unspecified atom stereocenters. The summed E-state index contributed by atoms with van der Waals surface area (Å²) in [5.74, 6) is 0. The van der Waals surface area contributed by atoms with Crippen LogP contribution in [0.2, 0.25) is 0 Å². The Balaban J connectivity index is 2.15. The van der Waals surface area contributed by atoms with Gasteiger partial charge in [0.15, 0.2) is 0 Å². The second-order valence-corrected chi connectivity index (χ2v) is 3.19. The highest BCUT2D eigenvalue weighted by Gasteiger charge is 2.09. The first kappa shape index (κ1) is 9.42. The Morgan fingerprint density at radius 2 is 2.25 bits per heavy atom. The average molecular weight is 167 g/mol. The molecule has 0 spiro atoms. The van der Waals surface area contributed by atoms with E-state index in [9.17, 15) is 0 Å². The van der Waals surface area contributed by atoms with Crippen molar-refractivity contribution in [1.82, 2.24) is 10.4 Å². The lowest BCUT2D eigenvalue weighted by Crippen LogP contribution is -2.36. The monoisotopic (exact) mass is 167 g/mol. The zero-order chi connectivity index (χ0) is 8.81. The number of hydrogen-bond acceptors (Lipinski definition) is 3. The van der Waals surface area contributed by atoms with Crippen LogP contribution in [0, 0.1) is 0 Å². The number of hydrazine groups is 1. The van der Waals surface area contributed by atoms with Crippen LogP contribution in [0.3, 0.4) is 0 Å². The Hall–Kier alpha value is -0.670. The van der Waals surface area contributed by atoms with Crippen LogP contribution in [-0.2, 0) is 0 Å². The molecule has 1 aliphatic rings. The van der Waals surface area contributed by atoms with Gasteiger partial charge < -0.3 is 0 Å². The molecule has 1 saturated heterocycles. The Bertz CT molecular complexity index is 169. The fraction of sp³-hybridized carbons (Fsp3) is 0.667. The van der Waals surface area contributed by atoms with Gasteiger partial charge in [0.25, 0.3) is 0 Å². The van der Waals surface area contributed by atoms with Crippen LogP contribution in [0.4, 0.5) is 0 Å². The minimum Gasteiger partial charge on any atom is -0.273 e. The van der Waals surface area contributed by atoms with Crippen LogP contribution >= 0.6 is 0 Å². The fourth-order valence-corrected chi connectivity index (χ4v) is 1.31. The number of rotatable bonds is 4. The molecule has 1 aliphatic heterocycles. The van der Waals surface area contributed by atoms with E-state index in [-0.39, 0.29) is 0 Å². The Labute approximate surface area is 74.1 Å². The summed E-state index contributed by atoms with van der Waals surface area (Å²) in [6.07, 6.45) is 4.42. The van der Waals surface area contributed by atoms with E-state index >= 15 is 0 Å². The van der Waals surface area contributed by atoms with Gasteiger partial charge in [-0.05, 0) is 32.1 Å². The van der Waals surface area contributed by atoms with E-state index < -0.39 is 0 Å². The van der Waals surface area contributed by atoms with Crippen LogP contribution in [0.5, 0.6) is 0 Å². The van der Waals surface area contributed by atoms with E-state index in [1.54, 1.807) is 6.20 Å². The van der Waals surface area contributed by atoms with Crippen LogP contribution in [0.15, 0.2) is 16.8 Å². The first-order valence-electron chi connectivity index (χ1n) is 4.43. The van der Waals surface area contributed by atoms with Gasteiger partial charge in [0.05, 0.1) is 0 Å². The molecule has 0 aromatic heterocycles. The summed E-state index contributed by atoms with van der Waals surface area (Å²) in [6.45, 7) is 8.70. The molecular formula is C9H17N3. The highest BCUT2D eigenvalue weighted by atomic mass is 15.5. The Morgan fingerprint density at radius 1 is 1.58 bits per heavy atom. The SMILES string of the molecule is C=N/C=C(/C)CNN1CCCC1. The van der Waals surface area contributed by atoms with Gasteiger partial charge in [-0.3, -0.25) is 10.4 Å². The van der Waals surface area contributed by atoms with Gasteiger partial charge in [-0.2, -0.15) is 0 Å². The van der Waals surface area contributed by atoms with Gasteiger partial charge in [-0.15, -0.1) is 0 Å². The van der Waals surface area contributed by atoms with Crippen LogP contribution < -0.4 is 5.43 Å². The molecule has 0 aliphatic carbocycles. The molecule has 1 heterocycles. The standard InChI is InChI=1S/C9H17N3/c1-9(7-10-2)8-11-12-5-3-4-6-12/h7,11H,2-6,8H2,1H3/b9-7-. The molecule has 0 radical (unpaired) electrons. The molecular weight excluding hydrogens is 150 g/mol. The van der Waals surface area contributed by atoms with E-state index in [2.05, 4.69) is 29.1 Å². The van der Waals surface area contributed by atoms with Crippen molar-refractivity contribution in [2.75, 3.05) is 19.6 Å². The van der Waals surface area contributed by atoms with Gasteiger partial charge in [-0.1, -0.05) is 0 Å². The largest absolute Gasteiger partial charge is 0.273 e. The molecule has 0 aromatic carbocycles. The molecule has 1 rings (SSSR count). The molecule has 0 bridgehead atoms. The summed E-state index contributed by atoms with van der Waals surface area (Å²) in [7, 11) is 0. The highest BCUT2D eigenvalue weighted by molar-refractivity contribution is 5.26. The molecule has 0 aromatic rings. The maximum absolute atomic E-state index is 3.71. The molecule has 1 N–H and O–H groups in total. The Kier molecular flexibility index (Phi) is 3.97. The van der Waals surface area contributed by atoms with E-state index in [1.165, 1.54) is 31.5 Å². The van der Waals surface area contributed by atoms with Gasteiger partial charge in [-0.25, -0.2) is 5.01 Å². The molecule has 68 valence electrons. The van der Waals surface area contributed by atoms with Crippen molar-refractivity contribution in [3.8, 4) is 0 Å². The van der Waals surface area contributed by atoms with Gasteiger partial charge in [0, 0.05) is 25.8 Å². The zero-order valence-corrected chi connectivity index (χ0v) is 7.71. The van der Waals surface area contributed by atoms with Gasteiger partial charge in [0.1, 0.15) is 0 Å². The number of hydrogen-bond donors (Lipinski definition) is 1. The smallest absolute Gasteiger partial charge is 0.0328 e. The van der Waals surface area contributed by atoms with Crippen molar-refractivity contribution in [2.45, 2.75) is 19.8 Å². The van der Waals surface area contributed by atoms with E-state index in [4.69, 9.17) is 0 Å². The molecule has 0 amide bonds. The predicted molar refractivity (Wildman–Crippen MR) is 52.1 cm³/mol. The summed E-state index contributed by atoms with van der Waals surface area (Å²) in [5, 5.41) is 2.26. The third kappa shape index (κ3) is 3.15. The number of nitrogens with one attached hydrogen (secondary N) is 1. The molecule has 3 heteroatoms. The first-order chi connectivity index (χ1) is 5.83. The van der Waals surface area contributed by atoms with E-state index in [1.807, 2.05) is 0 Å². The maximum atomic E-state index is 3.71. The second kappa shape index (κ2) is 5.06. The minimum absolute atomic E-state index is 0.888. The van der Waals surface area contributed by atoms with Crippen molar-refractivity contribution in [3.63, 3.8) is 0 Å². The van der Waals surface area contributed by atoms with Gasteiger partial charge in [0.2, 0.25) is 0 Å². The van der Waals surface area contributed by atoms with Crippen LogP contribution in [-0.4, -0.2) is 31.4 Å². The fourth-order valence-electron chi connectivity index (χ4n) is 1.31. The molecule has 0 atom stereocenters. The lowest BCUT2D eigenvalue weighted by Gasteiger charge is -2.15. The topological polar surface area (TPSA) is 27.6 Å². The molecule has 0 saturated carbocycles. The quantitative estimate of drug-likeness (QED) is 0.637. The lowest BCUT2D eigenvalue weighted by molar-refractivity contribution is 0.246. The molecule has 12 heavy (non-hydrogen) atoms. The Morgan fingerprint density at radius 3 is 2.83 bits per heavy atom. The minimum atomic E-state index is 0.888. The average Bonchev–Trinajstić information content (AvgIpc) is 2.53. The van der Waals surface area contributed by atoms with Crippen molar-refractivity contribution in [1.29, 1.82) is 0 Å². The summed E-state index contributed by atoms with van der Waals surface area (Å²) >= 11 is 0. The highest BCUT2D eigenvalue weighted by Crippen LogP contribution is 2.03. The lowest BCUT2D eigenvalue weighted by atomic mass is 10.3. The summed E-state index contributed by atoms with van der Waals surface area (Å²) < 4.78 is 0. The van der Waals surface area contributed by atoms with E-state index in [0.29, 0.717) is 0 Å². The third-order valence-electron chi connectivity index (χ3n) is 2.00. The summed E-state index contributed by atoms with van der Waals surface area (Å²) in [4.78, 5) is 3.71. The maximum Gasteiger partial charge on any atom is 0.0328 e. The van der Waals surface area contributed by atoms with Crippen molar-refractivity contribution >= 4 is 6.72 Å². The van der Waals surface area contributed by atoms with E-state index in [0.717, 1.165) is 6.54 Å². The third-order valence-corrected chi connectivity index (χ3v) is 2.00. The molecule has 3 nitrogen and oxygen atoms in total. The zero-order valence-electron chi connectivity index (χ0n) is 7.71. The van der Waals surface area contributed by atoms with Gasteiger partial charge >= 0.3 is 0 Å². The van der Waals surface area contributed by atoms with Crippen molar-refractivity contribution < 1.29 is 0 Å². The van der Waals surface area contributed by atoms with Crippen molar-refractivity contribution in [3.05, 3.63) is 11.8 Å². The summed E-state index contributed by atoms with van der Waals surface area (Å²) in [6, 6.07) is 0. The summed E-state index contributed by atoms with van der Waals surface area (Å²) in [5.41, 5.74) is 4.56. The second-order valence-electron chi connectivity index (χ2n) is 3.19. The number of nitrogens with zero attached hydrogens (tertiary/aromatic N) is 2. The van der Waals surface area contributed by atoms with Crippen LogP contribution in [0.25, 0.3) is 0 Å².